The Morgan fingerprint density at radius 2 is 1.35 bits per heavy atom. The molecule has 0 bridgehead atoms. The van der Waals surface area contributed by atoms with Gasteiger partial charge in [0.25, 0.3) is 0 Å². The van der Waals surface area contributed by atoms with Gasteiger partial charge >= 0.3 is 0 Å². The Kier molecular flexibility index (Phi) is 10.1. The minimum Gasteiger partial charge on any atom is -0.496 e. The number of carbonyl (C=O) groups is 1. The summed E-state index contributed by atoms with van der Waals surface area (Å²) < 4.78 is 10.7. The number of amides is 1. The molecule has 3 N–H and O–H groups in total. The highest BCUT2D eigenvalue weighted by Gasteiger charge is 2.25. The van der Waals surface area contributed by atoms with Crippen LogP contribution in [0.2, 0.25) is 0 Å². The van der Waals surface area contributed by atoms with Crippen LogP contribution in [0, 0.1) is 0 Å². The molecule has 2 aromatic carbocycles. The van der Waals surface area contributed by atoms with Crippen LogP contribution in [0.5, 0.6) is 11.5 Å². The Morgan fingerprint density at radius 1 is 0.791 bits per heavy atom. The zero-order valence-electron chi connectivity index (χ0n) is 24.6. The number of ether oxygens (including phenoxy) is 2. The number of para-hydroxylation sites is 2. The average Bonchev–Trinajstić information content (AvgIpc) is 3.29. The van der Waals surface area contributed by atoms with E-state index in [1.54, 1.807) is 14.2 Å². The van der Waals surface area contributed by atoms with Gasteiger partial charge in [0.05, 0.1) is 32.0 Å². The first-order valence-corrected chi connectivity index (χ1v) is 14.7. The summed E-state index contributed by atoms with van der Waals surface area (Å²) in [6, 6.07) is 22.7. The van der Waals surface area contributed by atoms with Gasteiger partial charge in [-0.3, -0.25) is 4.79 Å². The molecular weight excluding hydrogens is 544 g/mol. The van der Waals surface area contributed by atoms with E-state index in [9.17, 15) is 9.90 Å². The van der Waals surface area contributed by atoms with Crippen molar-refractivity contribution in [2.75, 3.05) is 24.9 Å². The van der Waals surface area contributed by atoms with Crippen molar-refractivity contribution in [2.24, 2.45) is 0 Å². The molecule has 1 fully saturated rings. The Balaban J connectivity index is 1.17. The third-order valence-electron chi connectivity index (χ3n) is 7.86. The van der Waals surface area contributed by atoms with E-state index in [0.29, 0.717) is 23.8 Å². The van der Waals surface area contributed by atoms with E-state index in [1.807, 2.05) is 72.8 Å². The molecule has 1 unspecified atom stereocenters. The molecule has 0 radical (unpaired) electrons. The van der Waals surface area contributed by atoms with E-state index in [4.69, 9.17) is 9.47 Å². The van der Waals surface area contributed by atoms with Crippen molar-refractivity contribution in [1.29, 1.82) is 0 Å². The van der Waals surface area contributed by atoms with Gasteiger partial charge in [0.1, 0.15) is 17.7 Å². The number of nitrogens with one attached hydrogen (secondary N) is 2. The predicted molar refractivity (Wildman–Crippen MR) is 164 cm³/mol. The molecule has 2 heterocycles. The number of aromatic nitrogens is 4. The minimum atomic E-state index is -0.828. The van der Waals surface area contributed by atoms with Crippen molar-refractivity contribution in [1.82, 2.24) is 20.4 Å². The van der Waals surface area contributed by atoms with Crippen LogP contribution in [0.3, 0.4) is 0 Å². The Labute approximate surface area is 251 Å². The first-order valence-electron chi connectivity index (χ1n) is 14.7. The number of aliphatic hydroxyl groups excluding tert-OH is 1. The van der Waals surface area contributed by atoms with Crippen LogP contribution in [-0.2, 0) is 17.6 Å². The molecule has 10 heteroatoms. The van der Waals surface area contributed by atoms with Gasteiger partial charge in [-0.2, -0.15) is 10.2 Å². The lowest BCUT2D eigenvalue weighted by molar-refractivity contribution is -0.115. The van der Waals surface area contributed by atoms with Crippen LogP contribution in [-0.4, -0.2) is 51.9 Å². The fourth-order valence-corrected chi connectivity index (χ4v) is 5.67. The highest BCUT2D eigenvalue weighted by atomic mass is 16.5. The fourth-order valence-electron chi connectivity index (χ4n) is 5.67. The molecule has 0 aliphatic heterocycles. The Morgan fingerprint density at radius 3 is 1.93 bits per heavy atom. The van der Waals surface area contributed by atoms with Crippen molar-refractivity contribution < 1.29 is 19.4 Å². The summed E-state index contributed by atoms with van der Waals surface area (Å²) in [7, 11) is 3.21. The van der Waals surface area contributed by atoms with E-state index in [2.05, 4.69) is 31.0 Å². The molecule has 1 aliphatic carbocycles. The van der Waals surface area contributed by atoms with E-state index in [0.717, 1.165) is 60.4 Å². The molecule has 4 aromatic rings. The number of hydrogen-bond donors (Lipinski definition) is 3. The summed E-state index contributed by atoms with van der Waals surface area (Å²) in [6.07, 6.45) is 4.88. The molecule has 1 aliphatic rings. The molecule has 5 rings (SSSR count). The molecule has 10 nitrogen and oxygen atoms in total. The van der Waals surface area contributed by atoms with Gasteiger partial charge in [-0.05, 0) is 61.2 Å². The summed E-state index contributed by atoms with van der Waals surface area (Å²) >= 11 is 0. The lowest BCUT2D eigenvalue weighted by Gasteiger charge is -2.19. The third-order valence-corrected chi connectivity index (χ3v) is 7.86. The molecule has 43 heavy (non-hydrogen) atoms. The summed E-state index contributed by atoms with van der Waals surface area (Å²) in [5.41, 5.74) is 3.57. The predicted octanol–water partition coefficient (Wildman–Crippen LogP) is 5.27. The summed E-state index contributed by atoms with van der Waals surface area (Å²) in [6.45, 7) is 0. The SMILES string of the molecule is COc1ccccc1CC(=O)Nc1ccc([C@@H]2CCCC[C@H](c3ccc(NC(O)Cc4ccccc4OC)nn3)C2)nn1. The zero-order valence-corrected chi connectivity index (χ0v) is 24.6. The molecule has 1 saturated carbocycles. The van der Waals surface area contributed by atoms with Crippen LogP contribution in [0.15, 0.2) is 72.8 Å². The lowest BCUT2D eigenvalue weighted by Crippen LogP contribution is -2.22. The zero-order chi connectivity index (χ0) is 30.0. The molecule has 2 aromatic heterocycles. The highest BCUT2D eigenvalue weighted by Crippen LogP contribution is 2.38. The highest BCUT2D eigenvalue weighted by molar-refractivity contribution is 5.91. The van der Waals surface area contributed by atoms with Crippen molar-refractivity contribution in [3.8, 4) is 11.5 Å². The third kappa shape index (κ3) is 8.04. The maximum Gasteiger partial charge on any atom is 0.230 e. The van der Waals surface area contributed by atoms with Crippen molar-refractivity contribution in [3.05, 3.63) is 95.3 Å². The van der Waals surface area contributed by atoms with Gasteiger partial charge in [0, 0.05) is 23.8 Å². The van der Waals surface area contributed by atoms with Crippen molar-refractivity contribution >= 4 is 17.5 Å². The first-order chi connectivity index (χ1) is 21.0. The molecule has 3 atom stereocenters. The average molecular weight is 583 g/mol. The second-order valence-corrected chi connectivity index (χ2v) is 10.8. The second kappa shape index (κ2) is 14.6. The second-order valence-electron chi connectivity index (χ2n) is 10.8. The van der Waals surface area contributed by atoms with E-state index in [1.165, 1.54) is 0 Å². The van der Waals surface area contributed by atoms with Crippen LogP contribution < -0.4 is 20.1 Å². The van der Waals surface area contributed by atoms with Crippen LogP contribution in [0.4, 0.5) is 11.6 Å². The van der Waals surface area contributed by atoms with Crippen LogP contribution >= 0.6 is 0 Å². The number of benzene rings is 2. The monoisotopic (exact) mass is 582 g/mol. The van der Waals surface area contributed by atoms with Gasteiger partial charge in [-0.25, -0.2) is 0 Å². The first kappa shape index (κ1) is 29.9. The van der Waals surface area contributed by atoms with Gasteiger partial charge in [0.2, 0.25) is 5.91 Å². The number of anilines is 2. The van der Waals surface area contributed by atoms with Crippen molar-refractivity contribution in [3.63, 3.8) is 0 Å². The summed E-state index contributed by atoms with van der Waals surface area (Å²) in [4.78, 5) is 12.6. The standard InChI is InChI=1S/C33H38N6O4/c1-42-28-13-7-5-11-24(28)20-32(40)34-30-17-15-26(36-38-30)22-9-3-4-10-23(19-22)27-16-18-31(39-37-27)35-33(41)21-25-12-6-8-14-29(25)43-2/h5-8,11-18,22-23,32,40H,3-4,9-10,19-21H2,1-2H3,(H,34,38)(H,35,39,41)/t22-,23+,32?/m0/s1. The molecular formula is C33H38N6O4. The molecule has 224 valence electrons. The van der Waals surface area contributed by atoms with E-state index >= 15 is 0 Å². The number of aliphatic hydroxyl groups is 1. The Hall–Kier alpha value is -4.57. The van der Waals surface area contributed by atoms with Crippen LogP contribution in [0.1, 0.15) is 66.5 Å². The van der Waals surface area contributed by atoms with Crippen LogP contribution in [0.25, 0.3) is 0 Å². The summed E-state index contributed by atoms with van der Waals surface area (Å²) in [5, 5.41) is 34.1. The van der Waals surface area contributed by atoms with E-state index < -0.39 is 6.23 Å². The minimum absolute atomic E-state index is 0.176. The maximum absolute atomic E-state index is 12.6. The van der Waals surface area contributed by atoms with Gasteiger partial charge < -0.3 is 25.2 Å². The van der Waals surface area contributed by atoms with Crippen molar-refractivity contribution in [2.45, 2.75) is 63.0 Å². The molecule has 1 amide bonds. The maximum atomic E-state index is 12.6. The fraction of sp³-hybridized carbons (Fsp3) is 0.364. The Bertz CT molecular complexity index is 1480. The molecule has 0 spiro atoms. The lowest BCUT2D eigenvalue weighted by atomic mass is 9.88. The topological polar surface area (TPSA) is 131 Å². The largest absolute Gasteiger partial charge is 0.496 e. The number of carbonyl (C=O) groups excluding carboxylic acids is 1. The summed E-state index contributed by atoms with van der Waals surface area (Å²) in [5.74, 6) is 2.67. The molecule has 0 saturated heterocycles. The number of hydrogen-bond acceptors (Lipinski definition) is 9. The number of nitrogens with zero attached hydrogens (tertiary/aromatic N) is 4. The number of methoxy groups -OCH3 is 2. The normalized spacial score (nSPS) is 17.4. The van der Waals surface area contributed by atoms with Gasteiger partial charge in [-0.15, -0.1) is 10.2 Å². The smallest absolute Gasteiger partial charge is 0.230 e. The van der Waals surface area contributed by atoms with Gasteiger partial charge in [-0.1, -0.05) is 49.2 Å². The number of rotatable bonds is 11. The quantitative estimate of drug-likeness (QED) is 0.160. The van der Waals surface area contributed by atoms with E-state index in [-0.39, 0.29) is 24.2 Å². The van der Waals surface area contributed by atoms with Gasteiger partial charge in [0.15, 0.2) is 11.6 Å².